The number of nitrogens with one attached hydrogen (secondary N) is 1. The van der Waals surface area contributed by atoms with Gasteiger partial charge in [0, 0.05) is 48.4 Å². The first-order valence-corrected chi connectivity index (χ1v) is 16.7. The second kappa shape index (κ2) is 14.9. The number of benzene rings is 2. The number of amides is 1. The number of hydrogen-bond donors (Lipinski definition) is 7. The van der Waals surface area contributed by atoms with Crippen molar-refractivity contribution in [3.05, 3.63) is 51.6 Å². The van der Waals surface area contributed by atoms with E-state index in [1.54, 1.807) is 6.92 Å². The number of nitrogens with two attached hydrogens (primary N) is 1. The van der Waals surface area contributed by atoms with Gasteiger partial charge in [-0.3, -0.25) is 14.4 Å². The van der Waals surface area contributed by atoms with Gasteiger partial charge in [0.05, 0.1) is 54.4 Å². The number of methoxy groups -OCH3 is 1. The lowest BCUT2D eigenvalue weighted by Crippen LogP contribution is -2.53. The van der Waals surface area contributed by atoms with E-state index in [0.29, 0.717) is 6.42 Å². The SMILES string of the molecule is CCCCCCCC(=O)NN=C(CO)C1(O)Cc2c(O)c3c(c(O)c2C(OC2CC(N)C(O)C(C)O2)C1)C(=O)c1c(OC)cccc1C3=O. The third-order valence-electron chi connectivity index (χ3n) is 9.65. The summed E-state index contributed by atoms with van der Waals surface area (Å²) in [6.07, 6.45) is -0.138. The lowest BCUT2D eigenvalue weighted by atomic mass is 9.71. The van der Waals surface area contributed by atoms with Gasteiger partial charge >= 0.3 is 0 Å². The van der Waals surface area contributed by atoms with Crippen LogP contribution in [0.15, 0.2) is 23.3 Å². The molecule has 0 aromatic heterocycles. The average Bonchev–Trinajstić information content (AvgIpc) is 3.07. The van der Waals surface area contributed by atoms with Crippen molar-refractivity contribution in [2.45, 2.75) is 108 Å². The fourth-order valence-electron chi connectivity index (χ4n) is 6.97. The molecule has 0 saturated carbocycles. The van der Waals surface area contributed by atoms with Crippen LogP contribution < -0.4 is 15.9 Å². The number of hydrazone groups is 1. The van der Waals surface area contributed by atoms with E-state index in [4.69, 9.17) is 19.9 Å². The van der Waals surface area contributed by atoms with Crippen molar-refractivity contribution in [2.24, 2.45) is 10.8 Å². The quantitative estimate of drug-likeness (QED) is 0.0631. The summed E-state index contributed by atoms with van der Waals surface area (Å²) in [4.78, 5) is 40.3. The third-order valence-corrected chi connectivity index (χ3v) is 9.65. The Labute approximate surface area is 283 Å². The van der Waals surface area contributed by atoms with Crippen LogP contribution in [0, 0.1) is 0 Å². The van der Waals surface area contributed by atoms with Gasteiger partial charge in [-0.15, -0.1) is 0 Å². The van der Waals surface area contributed by atoms with Crippen LogP contribution in [-0.4, -0.2) is 92.6 Å². The van der Waals surface area contributed by atoms with Crippen LogP contribution in [0.5, 0.6) is 17.2 Å². The molecule has 1 fully saturated rings. The molecule has 1 heterocycles. The summed E-state index contributed by atoms with van der Waals surface area (Å²) in [5.41, 5.74) is 4.93. The van der Waals surface area contributed by atoms with Gasteiger partial charge in [-0.25, -0.2) is 5.43 Å². The molecule has 0 spiro atoms. The molecule has 6 atom stereocenters. The number of ketones is 2. The molecule has 0 radical (unpaired) electrons. The molecule has 0 bridgehead atoms. The molecule has 14 nitrogen and oxygen atoms in total. The lowest BCUT2D eigenvalue weighted by Gasteiger charge is -2.43. The van der Waals surface area contributed by atoms with E-state index in [-0.39, 0.29) is 53.0 Å². The van der Waals surface area contributed by atoms with E-state index in [1.807, 2.05) is 0 Å². The summed E-state index contributed by atoms with van der Waals surface area (Å²) < 4.78 is 17.4. The molecule has 266 valence electrons. The molecule has 3 aliphatic rings. The highest BCUT2D eigenvalue weighted by molar-refractivity contribution is 6.31. The molecule has 5 rings (SSSR count). The van der Waals surface area contributed by atoms with Crippen LogP contribution in [0.2, 0.25) is 0 Å². The third kappa shape index (κ3) is 6.94. The monoisotopic (exact) mass is 683 g/mol. The van der Waals surface area contributed by atoms with Crippen LogP contribution >= 0.6 is 0 Å². The number of carbonyl (C=O) groups excluding carboxylic acids is 3. The average molecular weight is 684 g/mol. The highest BCUT2D eigenvalue weighted by Crippen LogP contribution is 2.52. The number of nitrogens with zero attached hydrogens (tertiary/aromatic N) is 1. The Kier molecular flexibility index (Phi) is 11.1. The van der Waals surface area contributed by atoms with E-state index in [1.165, 1.54) is 25.3 Å². The van der Waals surface area contributed by atoms with Crippen molar-refractivity contribution in [3.63, 3.8) is 0 Å². The first kappa shape index (κ1) is 36.4. The first-order valence-electron chi connectivity index (χ1n) is 16.7. The molecule has 1 amide bonds. The standard InChI is InChI=1S/C35H45N3O11/c1-4-5-6-7-8-12-24(40)38-37-23(16-39)35(46)14-19-27(22(15-35)49-25-13-20(36)30(41)17(2)48-25)34(45)29-28(32(19)43)31(42)18-10-9-11-21(47-3)26(18)33(29)44/h9-11,17,20,22,25,30,39,41,43,45-46H,4-8,12-16,36H2,1-3H3,(H,38,40). The number of unbranched alkanes of at least 4 members (excludes halogenated alkanes) is 4. The zero-order valence-electron chi connectivity index (χ0n) is 27.9. The Balaban J connectivity index is 1.57. The summed E-state index contributed by atoms with van der Waals surface area (Å²) in [5.74, 6) is -3.14. The largest absolute Gasteiger partial charge is 0.507 e. The highest BCUT2D eigenvalue weighted by Gasteiger charge is 2.49. The van der Waals surface area contributed by atoms with Crippen LogP contribution in [0.25, 0.3) is 0 Å². The maximum Gasteiger partial charge on any atom is 0.240 e. The number of fused-ring (bicyclic) bond motifs is 3. The zero-order chi connectivity index (χ0) is 35.6. The van der Waals surface area contributed by atoms with E-state index in [0.717, 1.165) is 25.7 Å². The van der Waals surface area contributed by atoms with Crippen molar-refractivity contribution in [2.75, 3.05) is 13.7 Å². The number of aliphatic hydroxyl groups excluding tert-OH is 2. The number of phenolic OH excluding ortho intramolecular Hbond substituents is 2. The van der Waals surface area contributed by atoms with Gasteiger partial charge in [0.25, 0.3) is 0 Å². The van der Waals surface area contributed by atoms with Gasteiger partial charge in [-0.2, -0.15) is 5.10 Å². The predicted molar refractivity (Wildman–Crippen MR) is 176 cm³/mol. The summed E-state index contributed by atoms with van der Waals surface area (Å²) in [6.45, 7) is 2.89. The smallest absolute Gasteiger partial charge is 0.240 e. The Hall–Kier alpha value is -3.92. The van der Waals surface area contributed by atoms with Gasteiger partial charge in [-0.05, 0) is 19.4 Å². The summed E-state index contributed by atoms with van der Waals surface area (Å²) in [5, 5.41) is 60.3. The molecule has 2 aliphatic carbocycles. The number of ether oxygens (including phenoxy) is 3. The van der Waals surface area contributed by atoms with E-state index >= 15 is 0 Å². The van der Waals surface area contributed by atoms with Crippen molar-refractivity contribution in [3.8, 4) is 17.2 Å². The number of aromatic hydroxyl groups is 2. The van der Waals surface area contributed by atoms with Crippen molar-refractivity contribution in [1.29, 1.82) is 0 Å². The Morgan fingerprint density at radius 1 is 1.10 bits per heavy atom. The van der Waals surface area contributed by atoms with Crippen LogP contribution in [0.4, 0.5) is 0 Å². The fourth-order valence-corrected chi connectivity index (χ4v) is 6.97. The number of rotatable bonds is 12. The summed E-state index contributed by atoms with van der Waals surface area (Å²) in [6, 6.07) is 3.68. The van der Waals surface area contributed by atoms with Crippen molar-refractivity contribution >= 4 is 23.2 Å². The molecule has 1 saturated heterocycles. The highest BCUT2D eigenvalue weighted by atomic mass is 16.7. The molecule has 8 N–H and O–H groups in total. The summed E-state index contributed by atoms with van der Waals surface area (Å²) >= 11 is 0. The van der Waals surface area contributed by atoms with Crippen LogP contribution in [-0.2, 0) is 20.7 Å². The van der Waals surface area contributed by atoms with Gasteiger partial charge in [0.2, 0.25) is 11.7 Å². The topological polar surface area (TPSA) is 230 Å². The molecule has 6 unspecified atom stereocenters. The maximum atomic E-state index is 13.9. The molecule has 49 heavy (non-hydrogen) atoms. The van der Waals surface area contributed by atoms with Gasteiger partial charge in [-0.1, -0.05) is 44.7 Å². The first-order chi connectivity index (χ1) is 23.4. The van der Waals surface area contributed by atoms with E-state index in [9.17, 15) is 39.9 Å². The molecule has 2 aromatic carbocycles. The molecule has 14 heteroatoms. The number of phenols is 2. The van der Waals surface area contributed by atoms with Crippen LogP contribution in [0.3, 0.4) is 0 Å². The zero-order valence-corrected chi connectivity index (χ0v) is 27.9. The Bertz CT molecular complexity index is 1630. The van der Waals surface area contributed by atoms with Gasteiger partial charge < -0.3 is 45.5 Å². The van der Waals surface area contributed by atoms with E-state index in [2.05, 4.69) is 17.5 Å². The molecule has 2 aromatic rings. The predicted octanol–water partition coefficient (Wildman–Crippen LogP) is 2.26. The van der Waals surface area contributed by atoms with Crippen LogP contribution in [0.1, 0.15) is 114 Å². The second-order valence-corrected chi connectivity index (χ2v) is 13.0. The number of carbonyl (C=O) groups is 3. The van der Waals surface area contributed by atoms with E-state index < -0.39 is 89.4 Å². The second-order valence-electron chi connectivity index (χ2n) is 13.0. The number of aliphatic hydroxyl groups is 3. The normalized spacial score (nSPS) is 26.5. The Morgan fingerprint density at radius 2 is 1.82 bits per heavy atom. The maximum absolute atomic E-state index is 13.9. The number of hydrogen-bond acceptors (Lipinski definition) is 13. The minimum absolute atomic E-state index is 0.0186. The van der Waals surface area contributed by atoms with Crippen molar-refractivity contribution < 1.29 is 54.1 Å². The lowest BCUT2D eigenvalue weighted by molar-refractivity contribution is -0.245. The Morgan fingerprint density at radius 3 is 2.49 bits per heavy atom. The summed E-state index contributed by atoms with van der Waals surface area (Å²) in [7, 11) is 1.33. The fraction of sp³-hybridized carbons (Fsp3) is 0.543. The molecular formula is C35H45N3O11. The van der Waals surface area contributed by atoms with Gasteiger partial charge in [0.15, 0.2) is 12.1 Å². The minimum Gasteiger partial charge on any atom is -0.507 e. The molecular weight excluding hydrogens is 638 g/mol. The van der Waals surface area contributed by atoms with Gasteiger partial charge in [0.1, 0.15) is 22.8 Å². The van der Waals surface area contributed by atoms with Crippen molar-refractivity contribution in [1.82, 2.24) is 5.43 Å². The molecule has 1 aliphatic heterocycles. The minimum atomic E-state index is -2.08.